The molecule has 2 N–H and O–H groups in total. The Labute approximate surface area is 97.7 Å². The Bertz CT molecular complexity index is 219. The zero-order valence-corrected chi connectivity index (χ0v) is 10.0. The quantitative estimate of drug-likeness (QED) is 0.470. The second-order valence-electron chi connectivity index (χ2n) is 3.56. The third-order valence-corrected chi connectivity index (χ3v) is 2.19. The van der Waals surface area contributed by atoms with Crippen molar-refractivity contribution in [3.05, 3.63) is 25.3 Å². The zero-order chi connectivity index (χ0) is 12.4. The van der Waals surface area contributed by atoms with Gasteiger partial charge in [0.1, 0.15) is 0 Å². The maximum atomic E-state index is 11.9. The molecule has 0 aromatic carbocycles. The maximum absolute atomic E-state index is 11.9. The van der Waals surface area contributed by atoms with Crippen LogP contribution in [0.3, 0.4) is 0 Å². The molecule has 0 heterocycles. The fourth-order valence-electron chi connectivity index (χ4n) is 1.37. The van der Waals surface area contributed by atoms with E-state index in [0.29, 0.717) is 26.1 Å². The fourth-order valence-corrected chi connectivity index (χ4v) is 1.37. The number of carbonyl (C=O) groups is 1. The predicted octanol–water partition coefficient (Wildman–Crippen LogP) is 0.941. The Morgan fingerprint density at radius 2 is 2.00 bits per heavy atom. The number of nitrogens with zero attached hydrogens (tertiary/aromatic N) is 1. The smallest absolute Gasteiger partial charge is 0.240 e. The van der Waals surface area contributed by atoms with Crippen molar-refractivity contribution >= 4 is 5.91 Å². The molecule has 1 atom stereocenters. The van der Waals surface area contributed by atoms with E-state index in [1.807, 2.05) is 0 Å². The summed E-state index contributed by atoms with van der Waals surface area (Å²) in [6, 6.07) is -0.463. The van der Waals surface area contributed by atoms with E-state index in [1.165, 1.54) is 0 Å². The highest BCUT2D eigenvalue weighted by atomic mass is 16.5. The maximum Gasteiger partial charge on any atom is 0.240 e. The van der Waals surface area contributed by atoms with Gasteiger partial charge in [-0.3, -0.25) is 4.79 Å². The number of hydrogen-bond donors (Lipinski definition) is 1. The molecule has 0 spiro atoms. The SMILES string of the molecule is C=CCN(CC=C)C(=O)C(N)CCCOC. The van der Waals surface area contributed by atoms with Gasteiger partial charge < -0.3 is 15.4 Å². The van der Waals surface area contributed by atoms with Crippen LogP contribution in [0.15, 0.2) is 25.3 Å². The number of hydrogen-bond acceptors (Lipinski definition) is 3. The topological polar surface area (TPSA) is 55.6 Å². The monoisotopic (exact) mass is 226 g/mol. The largest absolute Gasteiger partial charge is 0.385 e. The van der Waals surface area contributed by atoms with Gasteiger partial charge in [-0.05, 0) is 12.8 Å². The molecular weight excluding hydrogens is 204 g/mol. The Morgan fingerprint density at radius 1 is 1.44 bits per heavy atom. The van der Waals surface area contributed by atoms with Gasteiger partial charge in [0, 0.05) is 26.8 Å². The number of methoxy groups -OCH3 is 1. The molecule has 0 radical (unpaired) electrons. The van der Waals surface area contributed by atoms with Crippen LogP contribution in [0.4, 0.5) is 0 Å². The van der Waals surface area contributed by atoms with Crippen molar-refractivity contribution in [3.63, 3.8) is 0 Å². The van der Waals surface area contributed by atoms with E-state index in [1.54, 1.807) is 24.2 Å². The van der Waals surface area contributed by atoms with E-state index >= 15 is 0 Å². The van der Waals surface area contributed by atoms with E-state index < -0.39 is 6.04 Å². The van der Waals surface area contributed by atoms with Crippen LogP contribution >= 0.6 is 0 Å². The van der Waals surface area contributed by atoms with Gasteiger partial charge in [-0.2, -0.15) is 0 Å². The first-order valence-electron chi connectivity index (χ1n) is 5.42. The average Bonchev–Trinajstić information content (AvgIpc) is 2.28. The molecule has 0 aliphatic carbocycles. The Kier molecular flexibility index (Phi) is 8.48. The van der Waals surface area contributed by atoms with E-state index in [-0.39, 0.29) is 5.91 Å². The molecule has 0 rings (SSSR count). The number of rotatable bonds is 9. The summed E-state index contributed by atoms with van der Waals surface area (Å²) < 4.78 is 4.91. The molecule has 4 nitrogen and oxygen atoms in total. The number of nitrogens with two attached hydrogens (primary N) is 1. The highest BCUT2D eigenvalue weighted by Crippen LogP contribution is 2.01. The fraction of sp³-hybridized carbons (Fsp3) is 0.583. The summed E-state index contributed by atoms with van der Waals surface area (Å²) in [5.74, 6) is -0.0593. The van der Waals surface area contributed by atoms with Crippen LogP contribution in [0.1, 0.15) is 12.8 Å². The van der Waals surface area contributed by atoms with E-state index in [4.69, 9.17) is 10.5 Å². The van der Waals surface area contributed by atoms with Crippen LogP contribution in [-0.2, 0) is 9.53 Å². The highest BCUT2D eigenvalue weighted by molar-refractivity contribution is 5.81. The lowest BCUT2D eigenvalue weighted by molar-refractivity contribution is -0.131. The summed E-state index contributed by atoms with van der Waals surface area (Å²) in [6.45, 7) is 8.86. The minimum absolute atomic E-state index is 0.0593. The number of amides is 1. The predicted molar refractivity (Wildman–Crippen MR) is 66.1 cm³/mol. The van der Waals surface area contributed by atoms with Crippen molar-refractivity contribution in [2.45, 2.75) is 18.9 Å². The Hall–Kier alpha value is -1.13. The molecule has 0 aromatic rings. The van der Waals surface area contributed by atoms with E-state index in [2.05, 4.69) is 13.2 Å². The summed E-state index contributed by atoms with van der Waals surface area (Å²) in [5, 5.41) is 0. The van der Waals surface area contributed by atoms with Crippen molar-refractivity contribution in [1.82, 2.24) is 4.90 Å². The number of ether oxygens (including phenoxy) is 1. The summed E-state index contributed by atoms with van der Waals surface area (Å²) in [6.07, 6.45) is 4.80. The van der Waals surface area contributed by atoms with Crippen LogP contribution in [0.2, 0.25) is 0 Å². The lowest BCUT2D eigenvalue weighted by Gasteiger charge is -2.23. The molecule has 0 aromatic heterocycles. The molecular formula is C12H22N2O2. The number of carbonyl (C=O) groups excluding carboxylic acids is 1. The second-order valence-corrected chi connectivity index (χ2v) is 3.56. The second kappa shape index (κ2) is 9.12. The molecule has 0 aliphatic rings. The van der Waals surface area contributed by atoms with Gasteiger partial charge in [0.15, 0.2) is 0 Å². The summed E-state index contributed by atoms with van der Waals surface area (Å²) in [7, 11) is 1.63. The third-order valence-electron chi connectivity index (χ3n) is 2.19. The third kappa shape index (κ3) is 5.68. The molecule has 4 heteroatoms. The van der Waals surface area contributed by atoms with Crippen LogP contribution < -0.4 is 5.73 Å². The first kappa shape index (κ1) is 14.9. The minimum Gasteiger partial charge on any atom is -0.385 e. The van der Waals surface area contributed by atoms with Crippen molar-refractivity contribution in [1.29, 1.82) is 0 Å². The first-order chi connectivity index (χ1) is 7.67. The first-order valence-corrected chi connectivity index (χ1v) is 5.42. The van der Waals surface area contributed by atoms with Crippen LogP contribution in [-0.4, -0.2) is 43.7 Å². The lowest BCUT2D eigenvalue weighted by atomic mass is 10.1. The van der Waals surface area contributed by atoms with Crippen molar-refractivity contribution in [2.24, 2.45) is 5.73 Å². The molecule has 0 fully saturated rings. The molecule has 16 heavy (non-hydrogen) atoms. The molecule has 92 valence electrons. The lowest BCUT2D eigenvalue weighted by Crippen LogP contribution is -2.44. The van der Waals surface area contributed by atoms with Crippen molar-refractivity contribution < 1.29 is 9.53 Å². The molecule has 0 bridgehead atoms. The van der Waals surface area contributed by atoms with Gasteiger partial charge in [0.05, 0.1) is 6.04 Å². The molecule has 0 saturated carbocycles. The van der Waals surface area contributed by atoms with E-state index in [0.717, 1.165) is 6.42 Å². The van der Waals surface area contributed by atoms with Crippen LogP contribution in [0.5, 0.6) is 0 Å². The standard InChI is InChI=1S/C12H22N2O2/c1-4-8-14(9-5-2)12(15)11(13)7-6-10-16-3/h4-5,11H,1-2,6-10,13H2,3H3. The van der Waals surface area contributed by atoms with Gasteiger partial charge in [-0.25, -0.2) is 0 Å². The molecule has 0 saturated heterocycles. The molecule has 1 unspecified atom stereocenters. The van der Waals surface area contributed by atoms with Crippen molar-refractivity contribution in [3.8, 4) is 0 Å². The Balaban J connectivity index is 4.13. The van der Waals surface area contributed by atoms with Gasteiger partial charge in [0.2, 0.25) is 5.91 Å². The molecule has 1 amide bonds. The normalized spacial score (nSPS) is 11.9. The summed E-state index contributed by atoms with van der Waals surface area (Å²) >= 11 is 0. The Morgan fingerprint density at radius 3 is 2.44 bits per heavy atom. The average molecular weight is 226 g/mol. The van der Waals surface area contributed by atoms with Crippen LogP contribution in [0.25, 0.3) is 0 Å². The minimum atomic E-state index is -0.463. The highest BCUT2D eigenvalue weighted by Gasteiger charge is 2.18. The van der Waals surface area contributed by atoms with Gasteiger partial charge >= 0.3 is 0 Å². The zero-order valence-electron chi connectivity index (χ0n) is 10.0. The van der Waals surface area contributed by atoms with E-state index in [9.17, 15) is 4.79 Å². The van der Waals surface area contributed by atoms with Gasteiger partial charge in [-0.1, -0.05) is 12.2 Å². The summed E-state index contributed by atoms with van der Waals surface area (Å²) in [4.78, 5) is 13.5. The van der Waals surface area contributed by atoms with Crippen LogP contribution in [0, 0.1) is 0 Å². The van der Waals surface area contributed by atoms with Crippen molar-refractivity contribution in [2.75, 3.05) is 26.8 Å². The summed E-state index contributed by atoms with van der Waals surface area (Å²) in [5.41, 5.74) is 5.80. The van der Waals surface area contributed by atoms with Gasteiger partial charge in [0.25, 0.3) is 0 Å². The van der Waals surface area contributed by atoms with Gasteiger partial charge in [-0.15, -0.1) is 13.2 Å². The molecule has 0 aliphatic heterocycles.